The number of rotatable bonds is 5. The first-order chi connectivity index (χ1) is 13.5. The molecule has 0 aliphatic rings. The summed E-state index contributed by atoms with van der Waals surface area (Å²) in [6.45, 7) is 4.13. The summed E-state index contributed by atoms with van der Waals surface area (Å²) in [5.74, 6) is -0.281. The predicted molar refractivity (Wildman–Crippen MR) is 106 cm³/mol. The molecule has 0 spiro atoms. The Balaban J connectivity index is 1.43. The van der Waals surface area contributed by atoms with E-state index in [-0.39, 0.29) is 5.91 Å². The van der Waals surface area contributed by atoms with Crippen LogP contribution in [0.15, 0.2) is 55.0 Å². The maximum atomic E-state index is 12.5. The fraction of sp³-hybridized carbons (Fsp3) is 0.158. The van der Waals surface area contributed by atoms with E-state index in [0.29, 0.717) is 23.1 Å². The summed E-state index contributed by atoms with van der Waals surface area (Å²) in [5.41, 5.74) is 3.54. The number of nitrogens with zero attached hydrogens (tertiary/aromatic N) is 6. The van der Waals surface area contributed by atoms with Crippen LogP contribution in [0.4, 0.5) is 5.69 Å². The molecule has 4 rings (SSSR count). The van der Waals surface area contributed by atoms with Crippen molar-refractivity contribution < 1.29 is 4.79 Å². The Morgan fingerprint density at radius 1 is 1.11 bits per heavy atom. The van der Waals surface area contributed by atoms with Crippen LogP contribution in [0.25, 0.3) is 5.69 Å². The minimum absolute atomic E-state index is 0.281. The molecule has 0 radical (unpaired) electrons. The molecule has 1 N–H and O–H groups in total. The van der Waals surface area contributed by atoms with Crippen LogP contribution in [0.3, 0.4) is 0 Å². The number of halogens is 1. The number of carbonyl (C=O) groups is 1. The number of aryl methyl sites for hydroxylation is 1. The van der Waals surface area contributed by atoms with Gasteiger partial charge >= 0.3 is 0 Å². The minimum atomic E-state index is -0.281. The van der Waals surface area contributed by atoms with Crippen molar-refractivity contribution in [3.63, 3.8) is 0 Å². The maximum absolute atomic E-state index is 12.5. The van der Waals surface area contributed by atoms with Crippen LogP contribution in [0.1, 0.15) is 21.9 Å². The van der Waals surface area contributed by atoms with Crippen LogP contribution in [0, 0.1) is 13.8 Å². The highest BCUT2D eigenvalue weighted by Crippen LogP contribution is 2.19. The molecule has 142 valence electrons. The van der Waals surface area contributed by atoms with Gasteiger partial charge in [-0.1, -0.05) is 11.6 Å². The standard InChI is InChI=1S/C19H18ClN7O/c1-13-18(20)14(2)27(23-13)12-25-11-8-17(24-25)19(28)22-15-4-6-16(7-5-15)26-10-3-9-21-26/h3-11H,12H2,1-2H3,(H,22,28). The van der Waals surface area contributed by atoms with Gasteiger partial charge in [0.2, 0.25) is 0 Å². The quantitative estimate of drug-likeness (QED) is 0.562. The molecule has 3 aromatic heterocycles. The third-order valence-corrected chi connectivity index (χ3v) is 4.89. The fourth-order valence-corrected chi connectivity index (χ4v) is 2.96. The van der Waals surface area contributed by atoms with E-state index in [4.69, 9.17) is 11.6 Å². The summed E-state index contributed by atoms with van der Waals surface area (Å²) < 4.78 is 5.14. The van der Waals surface area contributed by atoms with Crippen molar-refractivity contribution in [2.75, 3.05) is 5.32 Å². The Bertz CT molecular complexity index is 1110. The Morgan fingerprint density at radius 2 is 1.89 bits per heavy atom. The molecule has 1 amide bonds. The molecule has 3 heterocycles. The van der Waals surface area contributed by atoms with Crippen molar-refractivity contribution in [1.82, 2.24) is 29.3 Å². The van der Waals surface area contributed by atoms with E-state index in [0.717, 1.165) is 17.1 Å². The number of anilines is 1. The third kappa shape index (κ3) is 3.54. The highest BCUT2D eigenvalue weighted by molar-refractivity contribution is 6.31. The molecule has 0 aliphatic carbocycles. The molecule has 0 unspecified atom stereocenters. The number of aromatic nitrogens is 6. The number of amides is 1. The van der Waals surface area contributed by atoms with Crippen LogP contribution in [-0.2, 0) is 6.67 Å². The van der Waals surface area contributed by atoms with E-state index in [1.54, 1.807) is 32.5 Å². The normalized spacial score (nSPS) is 11.0. The Hall–Kier alpha value is -3.39. The lowest BCUT2D eigenvalue weighted by molar-refractivity contribution is 0.102. The summed E-state index contributed by atoms with van der Waals surface area (Å²) in [6, 6.07) is 10.9. The van der Waals surface area contributed by atoms with Gasteiger partial charge in [0.1, 0.15) is 6.67 Å². The Morgan fingerprint density at radius 3 is 2.54 bits per heavy atom. The summed E-state index contributed by atoms with van der Waals surface area (Å²) in [5, 5.41) is 16.4. The molecule has 9 heteroatoms. The lowest BCUT2D eigenvalue weighted by Gasteiger charge is -2.06. The van der Waals surface area contributed by atoms with Crippen LogP contribution in [0.2, 0.25) is 5.02 Å². The maximum Gasteiger partial charge on any atom is 0.276 e. The first kappa shape index (κ1) is 18.0. The van der Waals surface area contributed by atoms with Gasteiger partial charge in [-0.25, -0.2) is 9.36 Å². The zero-order chi connectivity index (χ0) is 19.7. The van der Waals surface area contributed by atoms with Crippen LogP contribution in [-0.4, -0.2) is 35.2 Å². The summed E-state index contributed by atoms with van der Waals surface area (Å²) in [6.07, 6.45) is 5.31. The molecule has 0 bridgehead atoms. The molecule has 0 saturated heterocycles. The molecule has 0 aliphatic heterocycles. The lowest BCUT2D eigenvalue weighted by atomic mass is 10.2. The Labute approximate surface area is 166 Å². The van der Waals surface area contributed by atoms with E-state index in [9.17, 15) is 4.79 Å². The van der Waals surface area contributed by atoms with E-state index < -0.39 is 0 Å². The van der Waals surface area contributed by atoms with Crippen molar-refractivity contribution in [3.8, 4) is 5.69 Å². The largest absolute Gasteiger partial charge is 0.321 e. The van der Waals surface area contributed by atoms with Crippen molar-refractivity contribution in [3.05, 3.63) is 77.1 Å². The van der Waals surface area contributed by atoms with E-state index in [1.165, 1.54) is 0 Å². The molecule has 4 aromatic rings. The minimum Gasteiger partial charge on any atom is -0.321 e. The molecule has 28 heavy (non-hydrogen) atoms. The number of nitrogens with one attached hydrogen (secondary N) is 1. The van der Waals surface area contributed by atoms with Crippen molar-refractivity contribution in [1.29, 1.82) is 0 Å². The van der Waals surface area contributed by atoms with E-state index >= 15 is 0 Å². The molecule has 1 aromatic carbocycles. The van der Waals surface area contributed by atoms with Gasteiger partial charge in [-0.05, 0) is 50.2 Å². The monoisotopic (exact) mass is 395 g/mol. The average Bonchev–Trinajstić information content (AvgIpc) is 3.42. The fourth-order valence-electron chi connectivity index (χ4n) is 2.83. The van der Waals surface area contributed by atoms with Crippen LogP contribution >= 0.6 is 11.6 Å². The van der Waals surface area contributed by atoms with Crippen LogP contribution in [0.5, 0.6) is 0 Å². The predicted octanol–water partition coefficient (Wildman–Crippen LogP) is 3.29. The first-order valence-electron chi connectivity index (χ1n) is 8.65. The van der Waals surface area contributed by atoms with Crippen molar-refractivity contribution >= 4 is 23.2 Å². The number of carbonyl (C=O) groups excluding carboxylic acids is 1. The molecule has 0 atom stereocenters. The highest BCUT2D eigenvalue weighted by atomic mass is 35.5. The number of hydrogen-bond donors (Lipinski definition) is 1. The van der Waals surface area contributed by atoms with Gasteiger partial charge in [-0.2, -0.15) is 15.3 Å². The molecular formula is C19H18ClN7O. The second kappa shape index (κ2) is 7.32. The topological polar surface area (TPSA) is 82.6 Å². The number of hydrogen-bond acceptors (Lipinski definition) is 4. The summed E-state index contributed by atoms with van der Waals surface area (Å²) in [4.78, 5) is 12.5. The zero-order valence-electron chi connectivity index (χ0n) is 15.4. The Kier molecular flexibility index (Phi) is 4.70. The molecule has 0 saturated carbocycles. The van der Waals surface area contributed by atoms with Gasteiger partial charge in [0.25, 0.3) is 5.91 Å². The van der Waals surface area contributed by atoms with Crippen molar-refractivity contribution in [2.45, 2.75) is 20.5 Å². The summed E-state index contributed by atoms with van der Waals surface area (Å²) in [7, 11) is 0. The molecule has 0 fully saturated rings. The summed E-state index contributed by atoms with van der Waals surface area (Å²) >= 11 is 6.17. The van der Waals surface area contributed by atoms with Crippen LogP contribution < -0.4 is 5.32 Å². The second-order valence-electron chi connectivity index (χ2n) is 6.32. The second-order valence-corrected chi connectivity index (χ2v) is 6.70. The third-order valence-electron chi connectivity index (χ3n) is 4.34. The lowest BCUT2D eigenvalue weighted by Crippen LogP contribution is -2.15. The van der Waals surface area contributed by atoms with Gasteiger partial charge in [-0.15, -0.1) is 0 Å². The van der Waals surface area contributed by atoms with Gasteiger partial charge in [0.15, 0.2) is 5.69 Å². The highest BCUT2D eigenvalue weighted by Gasteiger charge is 2.13. The van der Waals surface area contributed by atoms with E-state index in [1.807, 2.05) is 50.4 Å². The van der Waals surface area contributed by atoms with Crippen molar-refractivity contribution in [2.24, 2.45) is 0 Å². The van der Waals surface area contributed by atoms with E-state index in [2.05, 4.69) is 20.6 Å². The average molecular weight is 396 g/mol. The van der Waals surface area contributed by atoms with Gasteiger partial charge in [0, 0.05) is 24.3 Å². The smallest absolute Gasteiger partial charge is 0.276 e. The van der Waals surface area contributed by atoms with Gasteiger partial charge in [0.05, 0.1) is 22.1 Å². The number of benzene rings is 1. The zero-order valence-corrected chi connectivity index (χ0v) is 16.1. The van der Waals surface area contributed by atoms with Gasteiger partial charge < -0.3 is 5.32 Å². The first-order valence-corrected chi connectivity index (χ1v) is 9.03. The molecular weight excluding hydrogens is 378 g/mol. The SMILES string of the molecule is Cc1nn(Cn2ccc(C(=O)Nc3ccc(-n4cccn4)cc3)n2)c(C)c1Cl. The van der Waals surface area contributed by atoms with Gasteiger partial charge in [-0.3, -0.25) is 9.48 Å². The molecule has 8 nitrogen and oxygen atoms in total.